The zero-order valence-electron chi connectivity index (χ0n) is 15.0. The van der Waals surface area contributed by atoms with E-state index in [4.69, 9.17) is 0 Å². The molecule has 0 aromatic heterocycles. The first-order chi connectivity index (χ1) is 13.2. The molecule has 0 saturated heterocycles. The molecular weight excluding hydrogens is 394 g/mol. The number of allylic oxidation sites excluding steroid dienone is 4. The Kier molecular flexibility index (Phi) is 5.08. The number of halogens is 1. The average Bonchev–Trinajstić information content (AvgIpc) is 2.78. The fourth-order valence-electron chi connectivity index (χ4n) is 3.31. The highest BCUT2D eigenvalue weighted by molar-refractivity contribution is 9.10. The molecule has 132 valence electrons. The normalized spacial score (nSPS) is 16.0. The molecule has 0 spiro atoms. The Balaban J connectivity index is 1.76. The first-order valence-corrected chi connectivity index (χ1v) is 9.77. The fourth-order valence-corrected chi connectivity index (χ4v) is 3.68. The highest BCUT2D eigenvalue weighted by atomic mass is 79.9. The van der Waals surface area contributed by atoms with E-state index in [1.54, 1.807) is 0 Å². The average molecular weight is 414 g/mol. The van der Waals surface area contributed by atoms with Crippen LogP contribution in [0.5, 0.6) is 0 Å². The van der Waals surface area contributed by atoms with E-state index in [1.165, 1.54) is 11.1 Å². The Hall–Kier alpha value is -2.84. The third-order valence-corrected chi connectivity index (χ3v) is 5.21. The van der Waals surface area contributed by atoms with Crippen LogP contribution in [0.4, 0.5) is 11.4 Å². The molecule has 1 aliphatic rings. The number of hydrogen-bond acceptors (Lipinski definition) is 1. The summed E-state index contributed by atoms with van der Waals surface area (Å²) in [7, 11) is 0. The summed E-state index contributed by atoms with van der Waals surface area (Å²) in [5.41, 5.74) is 6.92. The van der Waals surface area contributed by atoms with Crippen LogP contribution < -0.4 is 4.90 Å². The molecule has 0 saturated carbocycles. The molecule has 0 amide bonds. The monoisotopic (exact) mass is 413 g/mol. The van der Waals surface area contributed by atoms with E-state index in [0.29, 0.717) is 0 Å². The smallest absolute Gasteiger partial charge is 0.0493 e. The fraction of sp³-hybridized carbons (Fsp3) is 0.0400. The van der Waals surface area contributed by atoms with Crippen LogP contribution in [-0.4, -0.2) is 6.54 Å². The maximum atomic E-state index is 4.25. The van der Waals surface area contributed by atoms with E-state index in [-0.39, 0.29) is 0 Å². The molecule has 0 bridgehead atoms. The summed E-state index contributed by atoms with van der Waals surface area (Å²) in [5.74, 6) is 0. The molecular formula is C25H20BrN. The van der Waals surface area contributed by atoms with Crippen LogP contribution in [-0.2, 0) is 0 Å². The lowest BCUT2D eigenvalue weighted by molar-refractivity contribution is 1.09. The zero-order valence-corrected chi connectivity index (χ0v) is 16.6. The van der Waals surface area contributed by atoms with Gasteiger partial charge in [-0.05, 0) is 47.0 Å². The minimum atomic E-state index is 0.803. The second-order valence-electron chi connectivity index (χ2n) is 6.50. The van der Waals surface area contributed by atoms with Gasteiger partial charge in [-0.25, -0.2) is 0 Å². The second kappa shape index (κ2) is 7.81. The molecule has 1 heterocycles. The molecule has 1 aliphatic heterocycles. The maximum absolute atomic E-state index is 4.25. The van der Waals surface area contributed by atoms with Crippen LogP contribution in [0.15, 0.2) is 108 Å². The molecule has 27 heavy (non-hydrogen) atoms. The van der Waals surface area contributed by atoms with Gasteiger partial charge in [-0.2, -0.15) is 0 Å². The molecule has 0 unspecified atom stereocenters. The standard InChI is InChI=1S/C25H20BrN/c1-19-8-4-3-7-17-27(25-16-13-22(26)18-24(19)25)23-14-11-21(12-15-23)20-9-5-2-6-10-20/h2-16,18H,1,17H2/b7-3-,8-4-. The van der Waals surface area contributed by atoms with Crippen molar-refractivity contribution in [1.29, 1.82) is 0 Å². The Morgan fingerprint density at radius 3 is 2.33 bits per heavy atom. The van der Waals surface area contributed by atoms with Crippen molar-refractivity contribution in [3.05, 3.63) is 114 Å². The lowest BCUT2D eigenvalue weighted by Gasteiger charge is -2.26. The van der Waals surface area contributed by atoms with Crippen LogP contribution in [0.1, 0.15) is 5.56 Å². The van der Waals surface area contributed by atoms with E-state index in [0.717, 1.165) is 33.5 Å². The van der Waals surface area contributed by atoms with Crippen molar-refractivity contribution in [1.82, 2.24) is 0 Å². The summed E-state index contributed by atoms with van der Waals surface area (Å²) >= 11 is 3.59. The van der Waals surface area contributed by atoms with Crippen LogP contribution in [0.2, 0.25) is 0 Å². The Labute approximate surface area is 169 Å². The van der Waals surface area contributed by atoms with Gasteiger partial charge in [0.25, 0.3) is 0 Å². The molecule has 0 radical (unpaired) electrons. The van der Waals surface area contributed by atoms with E-state index in [1.807, 2.05) is 6.07 Å². The molecule has 0 fully saturated rings. The molecule has 1 nitrogen and oxygen atoms in total. The highest BCUT2D eigenvalue weighted by Crippen LogP contribution is 2.36. The number of benzene rings is 3. The highest BCUT2D eigenvalue weighted by Gasteiger charge is 2.15. The first kappa shape index (κ1) is 17.6. The minimum absolute atomic E-state index is 0.803. The summed E-state index contributed by atoms with van der Waals surface area (Å²) in [6, 6.07) is 25.6. The first-order valence-electron chi connectivity index (χ1n) is 8.97. The topological polar surface area (TPSA) is 3.24 Å². The molecule has 3 aromatic carbocycles. The zero-order chi connectivity index (χ0) is 18.6. The summed E-state index contributed by atoms with van der Waals surface area (Å²) in [4.78, 5) is 2.32. The molecule has 0 N–H and O–H groups in total. The molecule has 3 aromatic rings. The molecule has 2 heteroatoms. The number of fused-ring (bicyclic) bond motifs is 1. The van der Waals surface area contributed by atoms with Gasteiger partial charge in [-0.1, -0.05) is 89.3 Å². The van der Waals surface area contributed by atoms with Crippen LogP contribution >= 0.6 is 15.9 Å². The van der Waals surface area contributed by atoms with Gasteiger partial charge < -0.3 is 4.90 Å². The van der Waals surface area contributed by atoms with Crippen LogP contribution in [0.25, 0.3) is 16.7 Å². The van der Waals surface area contributed by atoms with E-state index < -0.39 is 0 Å². The summed E-state index contributed by atoms with van der Waals surface area (Å²) in [6.45, 7) is 5.06. The third kappa shape index (κ3) is 3.81. The molecule has 0 aliphatic carbocycles. The van der Waals surface area contributed by atoms with Gasteiger partial charge in [0.2, 0.25) is 0 Å². The van der Waals surface area contributed by atoms with Gasteiger partial charge in [-0.3, -0.25) is 0 Å². The third-order valence-electron chi connectivity index (χ3n) is 4.71. The second-order valence-corrected chi connectivity index (χ2v) is 7.41. The Morgan fingerprint density at radius 1 is 0.815 bits per heavy atom. The predicted molar refractivity (Wildman–Crippen MR) is 120 cm³/mol. The Morgan fingerprint density at radius 2 is 1.56 bits per heavy atom. The van der Waals surface area contributed by atoms with Gasteiger partial charge in [0.05, 0.1) is 0 Å². The van der Waals surface area contributed by atoms with Crippen molar-refractivity contribution in [3.63, 3.8) is 0 Å². The van der Waals surface area contributed by atoms with Crippen molar-refractivity contribution in [2.45, 2.75) is 0 Å². The van der Waals surface area contributed by atoms with Crippen molar-refractivity contribution < 1.29 is 0 Å². The number of anilines is 2. The Bertz CT molecular complexity index is 1010. The van der Waals surface area contributed by atoms with Gasteiger partial charge >= 0.3 is 0 Å². The summed E-state index contributed by atoms with van der Waals surface area (Å²) < 4.78 is 1.06. The van der Waals surface area contributed by atoms with Gasteiger partial charge in [0.1, 0.15) is 0 Å². The van der Waals surface area contributed by atoms with Gasteiger partial charge in [0, 0.05) is 28.0 Å². The van der Waals surface area contributed by atoms with Crippen molar-refractivity contribution in [2.75, 3.05) is 11.4 Å². The lowest BCUT2D eigenvalue weighted by Crippen LogP contribution is -2.18. The van der Waals surface area contributed by atoms with Crippen molar-refractivity contribution in [3.8, 4) is 11.1 Å². The maximum Gasteiger partial charge on any atom is 0.0493 e. The number of rotatable bonds is 2. The van der Waals surface area contributed by atoms with Gasteiger partial charge in [-0.15, -0.1) is 0 Å². The minimum Gasteiger partial charge on any atom is -0.337 e. The quantitative estimate of drug-likeness (QED) is 0.423. The van der Waals surface area contributed by atoms with Gasteiger partial charge in [0.15, 0.2) is 0 Å². The lowest BCUT2D eigenvalue weighted by atomic mass is 10.0. The van der Waals surface area contributed by atoms with Crippen LogP contribution in [0.3, 0.4) is 0 Å². The molecule has 4 rings (SSSR count). The summed E-state index contributed by atoms with van der Waals surface area (Å²) in [5, 5.41) is 0. The summed E-state index contributed by atoms with van der Waals surface area (Å²) in [6.07, 6.45) is 8.36. The van der Waals surface area contributed by atoms with E-state index in [2.05, 4.69) is 118 Å². The van der Waals surface area contributed by atoms with Crippen LogP contribution in [0, 0.1) is 0 Å². The van der Waals surface area contributed by atoms with E-state index >= 15 is 0 Å². The number of nitrogens with zero attached hydrogens (tertiary/aromatic N) is 1. The van der Waals surface area contributed by atoms with E-state index in [9.17, 15) is 0 Å². The predicted octanol–water partition coefficient (Wildman–Crippen LogP) is 7.39. The number of hydrogen-bond donors (Lipinski definition) is 0. The van der Waals surface area contributed by atoms with Crippen molar-refractivity contribution in [2.24, 2.45) is 0 Å². The largest absolute Gasteiger partial charge is 0.337 e. The molecule has 0 atom stereocenters. The van der Waals surface area contributed by atoms with Crippen molar-refractivity contribution >= 4 is 32.9 Å². The SMILES string of the molecule is C=C1/C=C\C=C/CN(c2ccc(-c3ccccc3)cc2)c2ccc(Br)cc21.